The number of piperazine rings is 1. The summed E-state index contributed by atoms with van der Waals surface area (Å²) in [6, 6.07) is 18.5. The lowest BCUT2D eigenvalue weighted by Gasteiger charge is -2.34. The maximum Gasteiger partial charge on any atom is 0.333 e. The van der Waals surface area contributed by atoms with Crippen molar-refractivity contribution in [3.63, 3.8) is 0 Å². The molecule has 168 valence electrons. The largest absolute Gasteiger partial charge is 0.390 e. The van der Waals surface area contributed by atoms with Gasteiger partial charge in [-0.15, -0.1) is 0 Å². The van der Waals surface area contributed by atoms with Gasteiger partial charge in [-0.05, 0) is 31.7 Å². The van der Waals surface area contributed by atoms with E-state index < -0.39 is 16.4 Å². The van der Waals surface area contributed by atoms with Crippen LogP contribution in [0.4, 0.5) is 5.69 Å². The van der Waals surface area contributed by atoms with E-state index in [1.54, 1.807) is 0 Å². The Bertz CT molecular complexity index is 1070. The van der Waals surface area contributed by atoms with Gasteiger partial charge in [0, 0.05) is 54.3 Å². The summed E-state index contributed by atoms with van der Waals surface area (Å²) in [4.78, 5) is 22.7. The monoisotopic (exact) mass is 451 g/mol. The molecule has 6 nitrogen and oxygen atoms in total. The normalized spacial score (nSPS) is 16.2. The standard InChI is InChI=1S/C25H30N4O2S/c1-18-22(16-19-7-6-10-21(15-19)29-13-11-28(2)12-14-29)32(25(27-18)24(26)31)23(17-30)20-8-4-3-5-9-20/h3-10,15,23,30H,11-14,16-17H2,1-2H3,(H-,26,31)/p+1. The van der Waals surface area contributed by atoms with Crippen molar-refractivity contribution in [3.05, 3.63) is 81.3 Å². The van der Waals surface area contributed by atoms with E-state index in [1.165, 1.54) is 11.3 Å². The molecule has 2 unspecified atom stereocenters. The van der Waals surface area contributed by atoms with Crippen molar-refractivity contribution in [2.75, 3.05) is 44.7 Å². The van der Waals surface area contributed by atoms with Gasteiger partial charge in [-0.1, -0.05) is 42.5 Å². The molecule has 4 rings (SSSR count). The van der Waals surface area contributed by atoms with E-state index in [-0.39, 0.29) is 11.9 Å². The highest BCUT2D eigenvalue weighted by Crippen LogP contribution is 2.45. The minimum absolute atomic E-state index is 0.0719. The Kier molecular flexibility index (Phi) is 6.89. The number of rotatable bonds is 7. The van der Waals surface area contributed by atoms with Crippen molar-refractivity contribution >= 4 is 22.1 Å². The number of amides is 1. The van der Waals surface area contributed by atoms with Gasteiger partial charge in [0.2, 0.25) is 0 Å². The average molecular weight is 452 g/mol. The molecule has 1 amide bonds. The van der Waals surface area contributed by atoms with Gasteiger partial charge < -0.3 is 20.6 Å². The van der Waals surface area contributed by atoms with Crippen LogP contribution in [0.15, 0.2) is 54.6 Å². The second kappa shape index (κ2) is 9.81. The number of aliphatic hydroxyl groups excluding tert-OH is 1. The zero-order chi connectivity index (χ0) is 22.7. The van der Waals surface area contributed by atoms with E-state index in [4.69, 9.17) is 5.73 Å². The molecule has 7 heteroatoms. The first-order chi connectivity index (χ1) is 15.5. The third kappa shape index (κ3) is 4.70. The molecule has 1 fully saturated rings. The number of nitrogens with two attached hydrogens (primary N) is 1. The first-order valence-corrected chi connectivity index (χ1v) is 12.3. The number of hydrogen-bond acceptors (Lipinski definition) is 5. The van der Waals surface area contributed by atoms with E-state index in [2.05, 4.69) is 46.1 Å². The molecule has 0 saturated carbocycles. The van der Waals surface area contributed by atoms with Gasteiger partial charge in [0.25, 0.3) is 0 Å². The van der Waals surface area contributed by atoms with Crippen molar-refractivity contribution in [3.8, 4) is 0 Å². The van der Waals surface area contributed by atoms with Gasteiger partial charge in [0.05, 0.1) is 12.3 Å². The molecule has 1 saturated heterocycles. The molecule has 0 bridgehead atoms. The molecule has 32 heavy (non-hydrogen) atoms. The molecule has 2 heterocycles. The van der Waals surface area contributed by atoms with Crippen molar-refractivity contribution in [1.29, 1.82) is 0 Å². The topological polar surface area (TPSA) is 82.7 Å². The maximum atomic E-state index is 12.3. The number of carbonyl (C=O) groups excluding carboxylic acids is 1. The summed E-state index contributed by atoms with van der Waals surface area (Å²) in [6.07, 6.45) is 0.681. The van der Waals surface area contributed by atoms with Gasteiger partial charge in [0.1, 0.15) is 0 Å². The Morgan fingerprint density at radius 3 is 2.50 bits per heavy atom. The zero-order valence-corrected chi connectivity index (χ0v) is 19.5. The lowest BCUT2D eigenvalue weighted by atomic mass is 10.1. The molecule has 2 atom stereocenters. The van der Waals surface area contributed by atoms with Gasteiger partial charge in [-0.25, -0.2) is 0 Å². The summed E-state index contributed by atoms with van der Waals surface area (Å²) in [5.41, 5.74) is 9.96. The van der Waals surface area contributed by atoms with Crippen LogP contribution in [-0.2, 0) is 6.42 Å². The fourth-order valence-electron chi connectivity index (χ4n) is 4.31. The van der Waals surface area contributed by atoms with Crippen LogP contribution in [0.5, 0.6) is 0 Å². The summed E-state index contributed by atoms with van der Waals surface area (Å²) in [5.74, 6) is -0.511. The Morgan fingerprint density at radius 2 is 1.84 bits per heavy atom. The summed E-state index contributed by atoms with van der Waals surface area (Å²) in [5, 5.41) is 10.4. The van der Waals surface area contributed by atoms with Crippen molar-refractivity contribution < 1.29 is 9.90 Å². The predicted octanol–water partition coefficient (Wildman–Crippen LogP) is 3.16. The maximum absolute atomic E-state index is 12.3. The van der Waals surface area contributed by atoms with Crippen molar-refractivity contribution in [2.45, 2.75) is 18.6 Å². The average Bonchev–Trinajstić information content (AvgIpc) is 3.12. The molecule has 3 N–H and O–H groups in total. The third-order valence-corrected chi connectivity index (χ3v) is 8.79. The third-order valence-electron chi connectivity index (χ3n) is 6.12. The summed E-state index contributed by atoms with van der Waals surface area (Å²) in [6.45, 7) is 6.02. The molecule has 3 aromatic rings. The second-order valence-corrected chi connectivity index (χ2v) is 10.5. The predicted molar refractivity (Wildman–Crippen MR) is 131 cm³/mol. The lowest BCUT2D eigenvalue weighted by Crippen LogP contribution is -2.44. The van der Waals surface area contributed by atoms with Crippen LogP contribution in [0.3, 0.4) is 0 Å². The molecule has 0 aliphatic carbocycles. The first-order valence-electron chi connectivity index (χ1n) is 11.0. The van der Waals surface area contributed by atoms with Gasteiger partial charge in [-0.3, -0.25) is 4.79 Å². The lowest BCUT2D eigenvalue weighted by molar-refractivity contribution is 0.0999. The summed E-state index contributed by atoms with van der Waals surface area (Å²) in [7, 11) is 1.47. The van der Waals surface area contributed by atoms with Gasteiger partial charge >= 0.3 is 10.9 Å². The van der Waals surface area contributed by atoms with E-state index in [1.807, 2.05) is 37.3 Å². The minimum Gasteiger partial charge on any atom is -0.390 e. The zero-order valence-electron chi connectivity index (χ0n) is 18.7. The molecule has 0 radical (unpaired) electrons. The number of carbonyl (C=O) groups is 1. The van der Waals surface area contributed by atoms with Crippen molar-refractivity contribution in [1.82, 2.24) is 9.88 Å². The summed E-state index contributed by atoms with van der Waals surface area (Å²) >= 11 is 0. The number of anilines is 1. The first kappa shape index (κ1) is 22.5. The van der Waals surface area contributed by atoms with Crippen LogP contribution in [0.25, 0.3) is 0 Å². The van der Waals surface area contributed by atoms with Crippen LogP contribution in [-0.4, -0.2) is 60.7 Å². The van der Waals surface area contributed by atoms with Crippen molar-refractivity contribution in [2.24, 2.45) is 5.73 Å². The van der Waals surface area contributed by atoms with Gasteiger partial charge in [0.15, 0.2) is 10.1 Å². The number of primary amides is 1. The molecule has 1 aromatic heterocycles. The fourth-order valence-corrected chi connectivity index (χ4v) is 6.87. The number of thiazole rings is 1. The van der Waals surface area contributed by atoms with E-state index in [9.17, 15) is 9.90 Å². The Morgan fingerprint density at radius 1 is 1.12 bits per heavy atom. The Labute approximate surface area is 192 Å². The molecule has 2 aromatic carbocycles. The van der Waals surface area contributed by atoms with E-state index in [0.29, 0.717) is 11.4 Å². The highest BCUT2D eigenvalue weighted by atomic mass is 32.2. The van der Waals surface area contributed by atoms with Crippen LogP contribution in [0, 0.1) is 6.92 Å². The van der Waals surface area contributed by atoms with E-state index in [0.717, 1.165) is 42.3 Å². The molecule has 0 spiro atoms. The van der Waals surface area contributed by atoms with Crippen LogP contribution in [0.1, 0.15) is 36.8 Å². The highest BCUT2D eigenvalue weighted by Gasteiger charge is 2.37. The highest BCUT2D eigenvalue weighted by molar-refractivity contribution is 7.34. The number of benzene rings is 2. The molecule has 1 aliphatic rings. The number of aromatic nitrogens is 1. The smallest absolute Gasteiger partial charge is 0.333 e. The Balaban J connectivity index is 1.70. The fraction of sp³-hybridized carbons (Fsp3) is 0.360. The number of nitrogens with zero attached hydrogens (tertiary/aromatic N) is 3. The molecular formula is C25H31N4O2S+. The SMILES string of the molecule is Cc1nc(C(N)=O)[s+](C(CO)c2ccccc2)c1Cc1cccc(N2CCN(C)CC2)c1. The minimum atomic E-state index is -0.684. The molecular weight excluding hydrogens is 420 g/mol. The Hall–Kier alpha value is -2.74. The van der Waals surface area contributed by atoms with Gasteiger partial charge in [-0.2, -0.15) is 4.98 Å². The summed E-state index contributed by atoms with van der Waals surface area (Å²) < 4.78 is 0. The number of likely N-dealkylation sites (N-methyl/N-ethyl adjacent to an activating group) is 1. The number of hydrogen-bond donors (Lipinski definition) is 2. The van der Waals surface area contributed by atoms with Crippen LogP contribution >= 0.6 is 10.5 Å². The van der Waals surface area contributed by atoms with E-state index >= 15 is 0 Å². The second-order valence-electron chi connectivity index (χ2n) is 8.35. The molecule has 1 aliphatic heterocycles. The van der Waals surface area contributed by atoms with Crippen LogP contribution < -0.4 is 10.6 Å². The number of aliphatic hydroxyl groups is 1. The van der Waals surface area contributed by atoms with Crippen LogP contribution in [0.2, 0.25) is 0 Å². The number of aryl methyl sites for hydroxylation is 1. The quantitative estimate of drug-likeness (QED) is 0.539.